The molecule has 0 unspecified atom stereocenters. The third-order valence-corrected chi connectivity index (χ3v) is 1.99. The second-order valence-corrected chi connectivity index (χ2v) is 3.22. The van der Waals surface area contributed by atoms with Crippen molar-refractivity contribution < 1.29 is 22.1 Å². The van der Waals surface area contributed by atoms with Crippen molar-refractivity contribution in [3.8, 4) is 0 Å². The van der Waals surface area contributed by atoms with E-state index in [2.05, 4.69) is 0 Å². The molecule has 84 valence electrons. The molecule has 0 aromatic carbocycles. The van der Waals surface area contributed by atoms with Crippen LogP contribution in [0.1, 0.15) is 25.2 Å². The minimum atomic E-state index is -4.84. The van der Waals surface area contributed by atoms with Crippen LogP contribution in [-0.4, -0.2) is 6.18 Å². The number of pyridine rings is 1. The summed E-state index contributed by atoms with van der Waals surface area (Å²) in [5, 5.41) is 0. The van der Waals surface area contributed by atoms with Crippen LogP contribution >= 0.6 is 0 Å². The van der Waals surface area contributed by atoms with Crippen molar-refractivity contribution in [2.24, 2.45) is 0 Å². The lowest BCUT2D eigenvalue weighted by Gasteiger charge is -2.11. The molecule has 1 atom stereocenters. The van der Waals surface area contributed by atoms with Crippen LogP contribution in [0.15, 0.2) is 24.4 Å². The van der Waals surface area contributed by atoms with Crippen LogP contribution < -0.4 is 4.57 Å². The van der Waals surface area contributed by atoms with Crippen LogP contribution in [0, 0.1) is 0 Å². The van der Waals surface area contributed by atoms with Crippen LogP contribution in [0.5, 0.6) is 0 Å². The molecule has 0 aliphatic heterocycles. The molecule has 0 spiro atoms. The second kappa shape index (κ2) is 4.59. The van der Waals surface area contributed by atoms with Crippen molar-refractivity contribution in [2.45, 2.75) is 32.2 Å². The van der Waals surface area contributed by atoms with E-state index in [0.717, 1.165) is 6.07 Å². The smallest absolute Gasteiger partial charge is 0.225 e. The Bertz CT molecular complexity index is 321. The molecule has 0 aliphatic rings. The maximum atomic E-state index is 13.1. The largest absolute Gasteiger partial charge is 0.429 e. The van der Waals surface area contributed by atoms with Gasteiger partial charge in [0, 0.05) is 18.6 Å². The Balaban J connectivity index is 3.02. The fourth-order valence-electron chi connectivity index (χ4n) is 1.33. The molecule has 1 heterocycles. The molecule has 1 rings (SSSR count). The predicted octanol–water partition coefficient (Wildman–Crippen LogP) is 2.96. The zero-order chi connectivity index (χ0) is 11.5. The zero-order valence-corrected chi connectivity index (χ0v) is 8.26. The first-order valence-corrected chi connectivity index (χ1v) is 4.66. The van der Waals surface area contributed by atoms with E-state index < -0.39 is 12.3 Å². The van der Waals surface area contributed by atoms with Crippen LogP contribution in [0.3, 0.4) is 0 Å². The lowest BCUT2D eigenvalue weighted by molar-refractivity contribution is -0.708. The number of aryl methyl sites for hydroxylation is 1. The average molecular weight is 222 g/mol. The van der Waals surface area contributed by atoms with Gasteiger partial charge in [0.2, 0.25) is 5.69 Å². The number of alkyl halides is 4. The van der Waals surface area contributed by atoms with Crippen molar-refractivity contribution in [3.05, 3.63) is 30.1 Å². The molecule has 0 radical (unpaired) electrons. The molecule has 0 N–H and O–H groups in total. The van der Waals surface area contributed by atoms with Gasteiger partial charge in [-0.25, -0.2) is 4.39 Å². The summed E-state index contributed by atoms with van der Waals surface area (Å²) in [4.78, 5) is 0. The standard InChI is InChI=1S/C10H12F4N/c1-2-6-15-7-4-3-5-8(15)9(11)10(12,13)14/h3-5,7,9H,2,6H2,1H3/q+1/t9-/m0/s1. The molecule has 0 saturated heterocycles. The van der Waals surface area contributed by atoms with Crippen LogP contribution in [0.2, 0.25) is 0 Å². The maximum absolute atomic E-state index is 13.1. The highest BCUT2D eigenvalue weighted by molar-refractivity contribution is 5.02. The van der Waals surface area contributed by atoms with Gasteiger partial charge in [0.25, 0.3) is 6.17 Å². The van der Waals surface area contributed by atoms with Crippen molar-refractivity contribution in [1.82, 2.24) is 0 Å². The fraction of sp³-hybridized carbons (Fsp3) is 0.500. The van der Waals surface area contributed by atoms with E-state index in [0.29, 0.717) is 13.0 Å². The third kappa shape index (κ3) is 2.91. The summed E-state index contributed by atoms with van der Waals surface area (Å²) in [7, 11) is 0. The van der Waals surface area contributed by atoms with Gasteiger partial charge in [-0.3, -0.25) is 0 Å². The first-order chi connectivity index (χ1) is 6.96. The summed E-state index contributed by atoms with van der Waals surface area (Å²) in [5.74, 6) is 0. The normalized spacial score (nSPS) is 13.9. The number of rotatable bonds is 3. The lowest BCUT2D eigenvalue weighted by Crippen LogP contribution is -2.41. The minimum absolute atomic E-state index is 0.341. The molecule has 0 saturated carbocycles. The molecular weight excluding hydrogens is 210 g/mol. The minimum Gasteiger partial charge on any atom is -0.225 e. The Labute approximate surface area is 85.3 Å². The van der Waals surface area contributed by atoms with Crippen molar-refractivity contribution in [1.29, 1.82) is 0 Å². The highest BCUT2D eigenvalue weighted by Gasteiger charge is 2.46. The second-order valence-electron chi connectivity index (χ2n) is 3.22. The van der Waals surface area contributed by atoms with Crippen LogP contribution in [0.25, 0.3) is 0 Å². The fourth-order valence-corrected chi connectivity index (χ4v) is 1.33. The number of aromatic nitrogens is 1. The number of halogens is 4. The van der Waals surface area contributed by atoms with Gasteiger partial charge in [0.15, 0.2) is 6.20 Å². The summed E-state index contributed by atoms with van der Waals surface area (Å²) in [6, 6.07) is 4.15. The number of hydrogen-bond acceptors (Lipinski definition) is 0. The highest BCUT2D eigenvalue weighted by atomic mass is 19.4. The van der Waals surface area contributed by atoms with Gasteiger partial charge < -0.3 is 0 Å². The van der Waals surface area contributed by atoms with E-state index in [-0.39, 0.29) is 5.69 Å². The molecule has 1 nitrogen and oxygen atoms in total. The van der Waals surface area contributed by atoms with Gasteiger partial charge in [-0.1, -0.05) is 6.92 Å². The van der Waals surface area contributed by atoms with Gasteiger partial charge >= 0.3 is 6.18 Å². The van der Waals surface area contributed by atoms with Crippen LogP contribution in [0.4, 0.5) is 17.6 Å². The van der Waals surface area contributed by atoms with Gasteiger partial charge in [-0.05, 0) is 6.07 Å². The molecule has 0 amide bonds. The Morgan fingerprint density at radius 3 is 2.53 bits per heavy atom. The molecular formula is C10H12F4N+. The summed E-state index contributed by atoms with van der Waals surface area (Å²) >= 11 is 0. The van der Waals surface area contributed by atoms with Crippen molar-refractivity contribution in [3.63, 3.8) is 0 Å². The molecule has 1 aromatic heterocycles. The molecule has 15 heavy (non-hydrogen) atoms. The summed E-state index contributed by atoms with van der Waals surface area (Å²) in [5.41, 5.74) is -0.341. The quantitative estimate of drug-likeness (QED) is 0.547. The molecule has 5 heteroatoms. The van der Waals surface area contributed by atoms with E-state index in [1.165, 1.54) is 16.8 Å². The SMILES string of the molecule is CCC[n+]1ccccc1[C@H](F)C(F)(F)F. The van der Waals surface area contributed by atoms with E-state index in [1.54, 1.807) is 6.07 Å². The van der Waals surface area contributed by atoms with E-state index in [4.69, 9.17) is 0 Å². The first kappa shape index (κ1) is 11.9. The van der Waals surface area contributed by atoms with Crippen molar-refractivity contribution >= 4 is 0 Å². The molecule has 1 aromatic rings. The van der Waals surface area contributed by atoms with E-state index >= 15 is 0 Å². The molecule has 0 bridgehead atoms. The lowest BCUT2D eigenvalue weighted by atomic mass is 10.2. The predicted molar refractivity (Wildman–Crippen MR) is 46.8 cm³/mol. The Kier molecular flexibility index (Phi) is 3.66. The van der Waals surface area contributed by atoms with E-state index in [9.17, 15) is 17.6 Å². The topological polar surface area (TPSA) is 3.88 Å². The summed E-state index contributed by atoms with van der Waals surface area (Å²) < 4.78 is 50.9. The maximum Gasteiger partial charge on any atom is 0.429 e. The van der Waals surface area contributed by atoms with Crippen LogP contribution in [-0.2, 0) is 6.54 Å². The Hall–Kier alpha value is -1.13. The van der Waals surface area contributed by atoms with Crippen molar-refractivity contribution in [2.75, 3.05) is 0 Å². The molecule has 0 aliphatic carbocycles. The number of nitrogens with zero attached hydrogens (tertiary/aromatic N) is 1. The monoisotopic (exact) mass is 222 g/mol. The Morgan fingerprint density at radius 1 is 1.33 bits per heavy atom. The first-order valence-electron chi connectivity index (χ1n) is 4.66. The summed E-state index contributed by atoms with van der Waals surface area (Å²) in [6.45, 7) is 2.21. The summed E-state index contributed by atoms with van der Waals surface area (Å²) in [6.07, 6.45) is -5.63. The van der Waals surface area contributed by atoms with Gasteiger partial charge in [-0.2, -0.15) is 17.7 Å². The third-order valence-electron chi connectivity index (χ3n) is 1.99. The highest BCUT2D eigenvalue weighted by Crippen LogP contribution is 2.34. The number of hydrogen-bond donors (Lipinski definition) is 0. The van der Waals surface area contributed by atoms with Gasteiger partial charge in [-0.15, -0.1) is 0 Å². The Morgan fingerprint density at radius 2 is 2.00 bits per heavy atom. The molecule has 0 fully saturated rings. The van der Waals surface area contributed by atoms with Gasteiger partial charge in [0.1, 0.15) is 6.54 Å². The van der Waals surface area contributed by atoms with E-state index in [1.807, 2.05) is 6.92 Å². The van der Waals surface area contributed by atoms with Gasteiger partial charge in [0.05, 0.1) is 0 Å². The zero-order valence-electron chi connectivity index (χ0n) is 8.26. The average Bonchev–Trinajstić information content (AvgIpc) is 2.17.